The number of nitrogens with two attached hydrogens (primary N) is 1. The second kappa shape index (κ2) is 4.54. The molecule has 2 aromatic rings. The maximum absolute atomic E-state index is 13.9. The van der Waals surface area contributed by atoms with E-state index < -0.39 is 11.6 Å². The van der Waals surface area contributed by atoms with E-state index in [1.807, 2.05) is 6.92 Å². The number of fused-ring (bicyclic) bond motifs is 1. The number of rotatable bonds is 2. The van der Waals surface area contributed by atoms with E-state index in [0.717, 1.165) is 6.07 Å². The predicted molar refractivity (Wildman–Crippen MR) is 66.5 cm³/mol. The van der Waals surface area contributed by atoms with Crippen molar-refractivity contribution in [3.05, 3.63) is 33.9 Å². The fourth-order valence-electron chi connectivity index (χ4n) is 1.65. The summed E-state index contributed by atoms with van der Waals surface area (Å²) in [5.74, 6) is 4.16. The average Bonchev–Trinajstić information content (AvgIpc) is 2.34. The van der Waals surface area contributed by atoms with Crippen molar-refractivity contribution in [2.75, 3.05) is 5.43 Å². The fraction of sp³-hybridized carbons (Fsp3) is 0.182. The molecule has 0 aliphatic heterocycles. The van der Waals surface area contributed by atoms with Crippen LogP contribution in [-0.2, 0) is 6.42 Å². The summed E-state index contributed by atoms with van der Waals surface area (Å²) in [6.07, 6.45) is 0.613. The molecule has 0 unspecified atom stereocenters. The monoisotopic (exact) mass is 301 g/mol. The molecule has 6 heteroatoms. The Labute approximate surface area is 105 Å². The Bertz CT molecular complexity index is 587. The molecule has 0 fully saturated rings. The van der Waals surface area contributed by atoms with Crippen LogP contribution in [0.5, 0.6) is 0 Å². The van der Waals surface area contributed by atoms with Gasteiger partial charge < -0.3 is 5.43 Å². The van der Waals surface area contributed by atoms with E-state index in [0.29, 0.717) is 17.8 Å². The van der Waals surface area contributed by atoms with E-state index in [-0.39, 0.29) is 15.4 Å². The lowest BCUT2D eigenvalue weighted by molar-refractivity contribution is 0.609. The summed E-state index contributed by atoms with van der Waals surface area (Å²) in [6, 6.07) is 2.67. The molecule has 0 aliphatic carbocycles. The van der Waals surface area contributed by atoms with Gasteiger partial charge in [-0.15, -0.1) is 0 Å². The number of hydrogen-bond donors (Lipinski definition) is 2. The number of pyridine rings is 1. The van der Waals surface area contributed by atoms with Crippen molar-refractivity contribution in [3.63, 3.8) is 0 Å². The minimum atomic E-state index is -0.583. The number of nitrogens with one attached hydrogen (secondary N) is 1. The number of nitrogens with zero attached hydrogens (tertiary/aromatic N) is 1. The molecule has 0 saturated carbocycles. The molecule has 1 aromatic carbocycles. The molecular weight excluding hydrogens is 292 g/mol. The molecule has 1 heterocycles. The average molecular weight is 302 g/mol. The SMILES string of the molecule is CCc1cc(NN)c2c(F)c(Br)cc(F)c2n1. The van der Waals surface area contributed by atoms with Crippen LogP contribution in [0.2, 0.25) is 0 Å². The van der Waals surface area contributed by atoms with Crippen LogP contribution in [0, 0.1) is 11.6 Å². The first-order valence-electron chi connectivity index (χ1n) is 5.02. The number of aromatic nitrogens is 1. The van der Waals surface area contributed by atoms with Gasteiger partial charge >= 0.3 is 0 Å². The minimum Gasteiger partial charge on any atom is -0.323 e. The minimum absolute atomic E-state index is 0.0157. The Morgan fingerprint density at radius 1 is 1.41 bits per heavy atom. The highest BCUT2D eigenvalue weighted by atomic mass is 79.9. The highest BCUT2D eigenvalue weighted by Gasteiger charge is 2.16. The van der Waals surface area contributed by atoms with Crippen molar-refractivity contribution in [1.82, 2.24) is 4.98 Å². The third-order valence-corrected chi connectivity index (χ3v) is 3.08. The number of aryl methyl sites for hydroxylation is 1. The summed E-state index contributed by atoms with van der Waals surface area (Å²) in [6.45, 7) is 1.88. The van der Waals surface area contributed by atoms with Crippen molar-refractivity contribution in [3.8, 4) is 0 Å². The Balaban J connectivity index is 2.93. The Hall–Kier alpha value is -1.27. The van der Waals surface area contributed by atoms with Crippen LogP contribution in [0.4, 0.5) is 14.5 Å². The molecule has 0 amide bonds. The van der Waals surface area contributed by atoms with Gasteiger partial charge in [0.1, 0.15) is 11.3 Å². The van der Waals surface area contributed by atoms with Crippen LogP contribution in [0.25, 0.3) is 10.9 Å². The van der Waals surface area contributed by atoms with Crippen molar-refractivity contribution in [1.29, 1.82) is 0 Å². The molecule has 0 radical (unpaired) electrons. The Morgan fingerprint density at radius 3 is 2.71 bits per heavy atom. The third-order valence-electron chi connectivity index (χ3n) is 2.50. The first-order valence-corrected chi connectivity index (χ1v) is 5.81. The Kier molecular flexibility index (Phi) is 3.26. The van der Waals surface area contributed by atoms with Gasteiger partial charge in [-0.25, -0.2) is 13.8 Å². The topological polar surface area (TPSA) is 50.9 Å². The number of anilines is 1. The summed E-state index contributed by atoms with van der Waals surface area (Å²) < 4.78 is 27.7. The second-order valence-electron chi connectivity index (χ2n) is 3.54. The number of halogens is 3. The molecule has 0 bridgehead atoms. The zero-order valence-electron chi connectivity index (χ0n) is 9.02. The van der Waals surface area contributed by atoms with Crippen LogP contribution in [-0.4, -0.2) is 4.98 Å². The van der Waals surface area contributed by atoms with E-state index in [1.165, 1.54) is 0 Å². The van der Waals surface area contributed by atoms with Gasteiger partial charge in [-0.2, -0.15) is 0 Å². The highest BCUT2D eigenvalue weighted by molar-refractivity contribution is 9.10. The number of hydrazine groups is 1. The zero-order valence-corrected chi connectivity index (χ0v) is 10.6. The fourth-order valence-corrected chi connectivity index (χ4v) is 2.05. The lowest BCUT2D eigenvalue weighted by atomic mass is 10.1. The number of hydrogen-bond acceptors (Lipinski definition) is 3. The van der Waals surface area contributed by atoms with Crippen molar-refractivity contribution in [2.24, 2.45) is 5.84 Å². The van der Waals surface area contributed by atoms with Crippen LogP contribution >= 0.6 is 15.9 Å². The quantitative estimate of drug-likeness (QED) is 0.509. The van der Waals surface area contributed by atoms with Gasteiger partial charge in [-0.3, -0.25) is 5.84 Å². The van der Waals surface area contributed by atoms with E-state index in [2.05, 4.69) is 26.3 Å². The molecule has 3 nitrogen and oxygen atoms in total. The summed E-state index contributed by atoms with van der Waals surface area (Å²) in [5, 5.41) is 0.0524. The van der Waals surface area contributed by atoms with E-state index in [4.69, 9.17) is 5.84 Å². The summed E-state index contributed by atoms with van der Waals surface area (Å²) in [5.41, 5.74) is 3.32. The van der Waals surface area contributed by atoms with Crippen LogP contribution in [0.3, 0.4) is 0 Å². The maximum Gasteiger partial charge on any atom is 0.150 e. The standard InChI is InChI=1S/C11H10BrF2N3/c1-2-5-3-8(17-15)9-10(14)6(12)4-7(13)11(9)16-5/h3-4H,2,15H2,1H3,(H,16,17). The first-order chi connectivity index (χ1) is 8.08. The highest BCUT2D eigenvalue weighted by Crippen LogP contribution is 2.32. The van der Waals surface area contributed by atoms with Gasteiger partial charge in [0.2, 0.25) is 0 Å². The summed E-state index contributed by atoms with van der Waals surface area (Å²) >= 11 is 2.95. The molecular formula is C11H10BrF2N3. The van der Waals surface area contributed by atoms with E-state index in [1.54, 1.807) is 6.07 Å². The molecule has 0 spiro atoms. The van der Waals surface area contributed by atoms with Gasteiger partial charge in [-0.05, 0) is 34.5 Å². The van der Waals surface area contributed by atoms with Crippen molar-refractivity contribution < 1.29 is 8.78 Å². The molecule has 90 valence electrons. The first kappa shape index (κ1) is 12.2. The normalized spacial score (nSPS) is 10.9. The Morgan fingerprint density at radius 2 is 2.12 bits per heavy atom. The molecule has 2 rings (SSSR count). The van der Waals surface area contributed by atoms with Gasteiger partial charge in [0.15, 0.2) is 5.82 Å². The van der Waals surface area contributed by atoms with Gasteiger partial charge in [0.25, 0.3) is 0 Å². The van der Waals surface area contributed by atoms with E-state index in [9.17, 15) is 8.78 Å². The maximum atomic E-state index is 13.9. The summed E-state index contributed by atoms with van der Waals surface area (Å²) in [7, 11) is 0. The second-order valence-corrected chi connectivity index (χ2v) is 4.39. The van der Waals surface area contributed by atoms with E-state index >= 15 is 0 Å². The number of benzene rings is 1. The molecule has 0 aliphatic rings. The molecule has 1 aromatic heterocycles. The van der Waals surface area contributed by atoms with Crippen LogP contribution < -0.4 is 11.3 Å². The third kappa shape index (κ3) is 1.98. The van der Waals surface area contributed by atoms with Crippen molar-refractivity contribution in [2.45, 2.75) is 13.3 Å². The molecule has 0 saturated heterocycles. The number of nitrogen functional groups attached to an aromatic ring is 1. The lowest BCUT2D eigenvalue weighted by Gasteiger charge is -2.10. The van der Waals surface area contributed by atoms with Gasteiger partial charge in [-0.1, -0.05) is 6.92 Å². The lowest BCUT2D eigenvalue weighted by Crippen LogP contribution is -2.09. The molecule has 17 heavy (non-hydrogen) atoms. The van der Waals surface area contributed by atoms with Gasteiger partial charge in [0.05, 0.1) is 15.5 Å². The van der Waals surface area contributed by atoms with Crippen LogP contribution in [0.15, 0.2) is 16.6 Å². The predicted octanol–water partition coefficient (Wildman–Crippen LogP) is 3.12. The largest absolute Gasteiger partial charge is 0.323 e. The van der Waals surface area contributed by atoms with Crippen LogP contribution in [0.1, 0.15) is 12.6 Å². The summed E-state index contributed by atoms with van der Waals surface area (Å²) in [4.78, 5) is 4.07. The zero-order chi connectivity index (χ0) is 12.6. The molecule has 3 N–H and O–H groups in total. The van der Waals surface area contributed by atoms with Gasteiger partial charge in [0, 0.05) is 5.69 Å². The van der Waals surface area contributed by atoms with Crippen molar-refractivity contribution >= 4 is 32.5 Å². The molecule has 0 atom stereocenters. The smallest absolute Gasteiger partial charge is 0.150 e.